The predicted molar refractivity (Wildman–Crippen MR) is 62.6 cm³/mol. The highest BCUT2D eigenvalue weighted by molar-refractivity contribution is 5.45. The molecular formula is C11H17F2N3O. The molecule has 1 aromatic heterocycles. The van der Waals surface area contributed by atoms with Crippen LogP contribution in [0, 0.1) is 11.6 Å². The van der Waals surface area contributed by atoms with Gasteiger partial charge in [-0.25, -0.2) is 13.8 Å². The topological polar surface area (TPSA) is 71.2 Å². The van der Waals surface area contributed by atoms with Crippen LogP contribution in [0.1, 0.15) is 26.7 Å². The molecule has 4 N–H and O–H groups in total. The summed E-state index contributed by atoms with van der Waals surface area (Å²) in [5, 5.41) is 12.6. The summed E-state index contributed by atoms with van der Waals surface area (Å²) >= 11 is 0. The third-order valence-electron chi connectivity index (χ3n) is 2.86. The molecule has 1 heterocycles. The van der Waals surface area contributed by atoms with Gasteiger partial charge in [0, 0.05) is 12.6 Å². The van der Waals surface area contributed by atoms with E-state index in [4.69, 9.17) is 5.73 Å². The first-order valence-corrected chi connectivity index (χ1v) is 5.49. The number of rotatable bonds is 5. The van der Waals surface area contributed by atoms with Crippen molar-refractivity contribution in [2.45, 2.75) is 32.3 Å². The number of aromatic nitrogens is 1. The van der Waals surface area contributed by atoms with Crippen LogP contribution in [0.25, 0.3) is 0 Å². The molecular weight excluding hydrogens is 228 g/mol. The minimum Gasteiger partial charge on any atom is -0.388 e. The van der Waals surface area contributed by atoms with Gasteiger partial charge in [-0.05, 0) is 12.8 Å². The maximum Gasteiger partial charge on any atom is 0.168 e. The molecule has 1 aromatic rings. The molecule has 4 nitrogen and oxygen atoms in total. The van der Waals surface area contributed by atoms with Crippen LogP contribution in [0.2, 0.25) is 0 Å². The summed E-state index contributed by atoms with van der Waals surface area (Å²) in [6.45, 7) is 3.79. The van der Waals surface area contributed by atoms with E-state index in [2.05, 4.69) is 10.3 Å². The first-order valence-electron chi connectivity index (χ1n) is 5.49. The first-order chi connectivity index (χ1) is 7.91. The molecule has 0 aliphatic heterocycles. The molecule has 0 saturated heterocycles. The highest BCUT2D eigenvalue weighted by atomic mass is 19.1. The molecule has 0 bridgehead atoms. The molecule has 0 spiro atoms. The second kappa shape index (κ2) is 5.27. The van der Waals surface area contributed by atoms with Crippen LogP contribution in [-0.4, -0.2) is 22.2 Å². The highest BCUT2D eigenvalue weighted by Crippen LogP contribution is 2.19. The maximum atomic E-state index is 13.3. The van der Waals surface area contributed by atoms with Crippen LogP contribution in [0.5, 0.6) is 0 Å². The maximum absolute atomic E-state index is 13.3. The Bertz CT molecular complexity index is 395. The van der Waals surface area contributed by atoms with E-state index in [0.717, 1.165) is 0 Å². The molecule has 0 aromatic carbocycles. The molecule has 96 valence electrons. The lowest BCUT2D eigenvalue weighted by atomic mass is 9.98. The number of nitrogens with two attached hydrogens (primary N) is 1. The molecule has 0 radical (unpaired) electrons. The molecule has 0 amide bonds. The molecule has 0 unspecified atom stereocenters. The van der Waals surface area contributed by atoms with E-state index < -0.39 is 17.2 Å². The third-order valence-corrected chi connectivity index (χ3v) is 2.86. The van der Waals surface area contributed by atoms with Gasteiger partial charge in [-0.15, -0.1) is 0 Å². The van der Waals surface area contributed by atoms with Crippen LogP contribution in [0.3, 0.4) is 0 Å². The molecule has 0 atom stereocenters. The standard InChI is InChI=1S/C11H17F2N3O/c1-3-11(17,4-2)6-15-10-8(13)5-7(12)9(14)16-10/h5,17H,3-4,6H2,1-2H3,(H3,14,15,16). The minimum atomic E-state index is -0.933. The van der Waals surface area contributed by atoms with Gasteiger partial charge in [-0.2, -0.15) is 0 Å². The number of nitrogens with one attached hydrogen (secondary N) is 1. The smallest absolute Gasteiger partial charge is 0.168 e. The second-order valence-corrected chi connectivity index (χ2v) is 3.97. The lowest BCUT2D eigenvalue weighted by molar-refractivity contribution is 0.0455. The van der Waals surface area contributed by atoms with Gasteiger partial charge in [0.05, 0.1) is 5.60 Å². The quantitative estimate of drug-likeness (QED) is 0.741. The number of pyridine rings is 1. The van der Waals surface area contributed by atoms with Gasteiger partial charge >= 0.3 is 0 Å². The lowest BCUT2D eigenvalue weighted by Gasteiger charge is -2.25. The number of nitrogen functional groups attached to an aromatic ring is 1. The number of nitrogens with zero attached hydrogens (tertiary/aromatic N) is 1. The lowest BCUT2D eigenvalue weighted by Crippen LogP contribution is -2.35. The SMILES string of the molecule is CCC(O)(CC)CNc1nc(N)c(F)cc1F. The van der Waals surface area contributed by atoms with Crippen molar-refractivity contribution in [2.75, 3.05) is 17.6 Å². The number of hydrogen-bond donors (Lipinski definition) is 3. The van der Waals surface area contributed by atoms with E-state index in [1.54, 1.807) is 0 Å². The number of halogens is 2. The summed E-state index contributed by atoms with van der Waals surface area (Å²) in [4.78, 5) is 3.55. The van der Waals surface area contributed by atoms with Gasteiger partial charge in [0.15, 0.2) is 23.3 Å². The van der Waals surface area contributed by atoms with Crippen LogP contribution in [-0.2, 0) is 0 Å². The number of hydrogen-bond acceptors (Lipinski definition) is 4. The van der Waals surface area contributed by atoms with Crippen molar-refractivity contribution in [3.63, 3.8) is 0 Å². The van der Waals surface area contributed by atoms with Crippen LogP contribution >= 0.6 is 0 Å². The zero-order chi connectivity index (χ0) is 13.1. The van der Waals surface area contributed by atoms with Crippen LogP contribution in [0.4, 0.5) is 20.4 Å². The summed E-state index contributed by atoms with van der Waals surface area (Å²) in [6, 6.07) is 0.668. The van der Waals surface area contributed by atoms with Crippen molar-refractivity contribution in [2.24, 2.45) is 0 Å². The fourth-order valence-corrected chi connectivity index (χ4v) is 1.35. The molecule has 0 aliphatic carbocycles. The summed E-state index contributed by atoms with van der Waals surface area (Å²) in [5.74, 6) is -2.24. The minimum absolute atomic E-state index is 0.134. The number of aliphatic hydroxyl groups is 1. The van der Waals surface area contributed by atoms with Crippen molar-refractivity contribution >= 4 is 11.6 Å². The summed E-state index contributed by atoms with van der Waals surface area (Å²) < 4.78 is 26.2. The van der Waals surface area contributed by atoms with Crippen molar-refractivity contribution < 1.29 is 13.9 Å². The van der Waals surface area contributed by atoms with E-state index in [1.807, 2.05) is 13.8 Å². The Balaban J connectivity index is 2.79. The average molecular weight is 245 g/mol. The zero-order valence-electron chi connectivity index (χ0n) is 9.93. The van der Waals surface area contributed by atoms with Gasteiger partial charge in [-0.3, -0.25) is 0 Å². The van der Waals surface area contributed by atoms with E-state index in [9.17, 15) is 13.9 Å². The molecule has 1 rings (SSSR count). The Morgan fingerprint density at radius 3 is 2.47 bits per heavy atom. The van der Waals surface area contributed by atoms with Crippen LogP contribution < -0.4 is 11.1 Å². The van der Waals surface area contributed by atoms with Gasteiger partial charge in [0.2, 0.25) is 0 Å². The van der Waals surface area contributed by atoms with Gasteiger partial charge in [0.25, 0.3) is 0 Å². The van der Waals surface area contributed by atoms with Crippen LogP contribution in [0.15, 0.2) is 6.07 Å². The second-order valence-electron chi connectivity index (χ2n) is 3.97. The number of anilines is 2. The third kappa shape index (κ3) is 3.26. The van der Waals surface area contributed by atoms with Crippen molar-refractivity contribution in [1.82, 2.24) is 4.98 Å². The van der Waals surface area contributed by atoms with E-state index >= 15 is 0 Å². The Morgan fingerprint density at radius 1 is 1.35 bits per heavy atom. The Morgan fingerprint density at radius 2 is 1.94 bits per heavy atom. The fraction of sp³-hybridized carbons (Fsp3) is 0.545. The van der Waals surface area contributed by atoms with Gasteiger partial charge in [-0.1, -0.05) is 13.8 Å². The Hall–Kier alpha value is -1.43. The van der Waals surface area contributed by atoms with Crippen molar-refractivity contribution in [3.05, 3.63) is 17.7 Å². The van der Waals surface area contributed by atoms with E-state index in [-0.39, 0.29) is 18.2 Å². The molecule has 0 fully saturated rings. The van der Waals surface area contributed by atoms with Crippen molar-refractivity contribution in [1.29, 1.82) is 0 Å². The van der Waals surface area contributed by atoms with E-state index in [1.165, 1.54) is 0 Å². The summed E-state index contributed by atoms with van der Waals surface area (Å²) in [5.41, 5.74) is 4.31. The monoisotopic (exact) mass is 245 g/mol. The zero-order valence-corrected chi connectivity index (χ0v) is 9.93. The summed E-state index contributed by atoms with van der Waals surface area (Å²) in [6.07, 6.45) is 1.05. The van der Waals surface area contributed by atoms with Crippen molar-refractivity contribution in [3.8, 4) is 0 Å². The Labute approximate surface area is 98.9 Å². The normalized spacial score (nSPS) is 11.6. The fourth-order valence-electron chi connectivity index (χ4n) is 1.35. The Kier molecular flexibility index (Phi) is 4.22. The highest BCUT2D eigenvalue weighted by Gasteiger charge is 2.22. The average Bonchev–Trinajstić information content (AvgIpc) is 2.32. The molecule has 17 heavy (non-hydrogen) atoms. The largest absolute Gasteiger partial charge is 0.388 e. The molecule has 0 aliphatic rings. The van der Waals surface area contributed by atoms with Gasteiger partial charge < -0.3 is 16.2 Å². The first kappa shape index (κ1) is 13.6. The molecule has 6 heteroatoms. The molecule has 0 saturated carbocycles. The van der Waals surface area contributed by atoms with E-state index in [0.29, 0.717) is 18.9 Å². The van der Waals surface area contributed by atoms with Gasteiger partial charge in [0.1, 0.15) is 0 Å². The predicted octanol–water partition coefficient (Wildman–Crippen LogP) is 1.91. The summed E-state index contributed by atoms with van der Waals surface area (Å²) in [7, 11) is 0.